The van der Waals surface area contributed by atoms with E-state index in [2.05, 4.69) is 47.8 Å². The summed E-state index contributed by atoms with van der Waals surface area (Å²) in [5.74, 6) is 0.780. The zero-order valence-corrected chi connectivity index (χ0v) is 21.7. The maximum absolute atomic E-state index is 14.2. The van der Waals surface area contributed by atoms with Crippen LogP contribution in [0, 0.1) is 3.57 Å². The van der Waals surface area contributed by atoms with E-state index in [1.807, 2.05) is 61.5 Å². The van der Waals surface area contributed by atoms with Crippen LogP contribution in [0.1, 0.15) is 18.7 Å². The summed E-state index contributed by atoms with van der Waals surface area (Å²) < 4.78 is 7.64. The molecule has 1 atom stereocenters. The Morgan fingerprint density at radius 1 is 1.03 bits per heavy atom. The maximum atomic E-state index is 14.2. The number of hydrogen-bond donors (Lipinski definition) is 2. The van der Waals surface area contributed by atoms with Crippen molar-refractivity contribution in [2.24, 2.45) is 0 Å². The molecule has 0 spiro atoms. The highest BCUT2D eigenvalue weighted by molar-refractivity contribution is 14.1. The number of methoxy groups -OCH3 is 1. The van der Waals surface area contributed by atoms with Gasteiger partial charge in [0, 0.05) is 35.5 Å². The third-order valence-electron chi connectivity index (χ3n) is 5.77. The number of fused-ring (bicyclic) bond motifs is 1. The number of anilines is 2. The van der Waals surface area contributed by atoms with Gasteiger partial charge >= 0.3 is 6.01 Å². The summed E-state index contributed by atoms with van der Waals surface area (Å²) in [5.41, 5.74) is 8.66. The number of nitrogens with zero attached hydrogens (tertiary/aromatic N) is 5. The molecular formula is C26H22IN7O2. The summed E-state index contributed by atoms with van der Waals surface area (Å²) in [6.45, 7) is 1.98. The van der Waals surface area contributed by atoms with E-state index in [0.29, 0.717) is 11.2 Å². The smallest absolute Gasteiger partial charge is 0.316 e. The van der Waals surface area contributed by atoms with Gasteiger partial charge < -0.3 is 15.8 Å². The van der Waals surface area contributed by atoms with Crippen LogP contribution in [0.15, 0.2) is 78.0 Å². The van der Waals surface area contributed by atoms with Crippen molar-refractivity contribution in [3.05, 3.63) is 92.8 Å². The van der Waals surface area contributed by atoms with Crippen LogP contribution in [0.2, 0.25) is 0 Å². The van der Waals surface area contributed by atoms with Crippen LogP contribution in [0.25, 0.3) is 27.6 Å². The highest BCUT2D eigenvalue weighted by Crippen LogP contribution is 2.30. The second-order valence-corrected chi connectivity index (χ2v) is 9.23. The Morgan fingerprint density at radius 3 is 2.50 bits per heavy atom. The van der Waals surface area contributed by atoms with E-state index in [1.165, 1.54) is 7.11 Å². The second kappa shape index (κ2) is 9.90. The van der Waals surface area contributed by atoms with Gasteiger partial charge in [0.05, 0.1) is 22.1 Å². The van der Waals surface area contributed by atoms with Gasteiger partial charge in [-0.2, -0.15) is 4.98 Å². The van der Waals surface area contributed by atoms with Crippen LogP contribution in [-0.2, 0) is 0 Å². The number of nitrogens with one attached hydrogen (secondary N) is 1. The second-order valence-electron chi connectivity index (χ2n) is 8.06. The fourth-order valence-corrected chi connectivity index (χ4v) is 4.52. The number of pyridine rings is 1. The summed E-state index contributed by atoms with van der Waals surface area (Å²) in [4.78, 5) is 31.0. The molecule has 180 valence electrons. The monoisotopic (exact) mass is 591 g/mol. The van der Waals surface area contributed by atoms with E-state index in [9.17, 15) is 4.79 Å². The molecule has 0 amide bonds. The van der Waals surface area contributed by atoms with Crippen molar-refractivity contribution in [2.75, 3.05) is 18.2 Å². The van der Waals surface area contributed by atoms with Gasteiger partial charge in [-0.25, -0.2) is 15.0 Å². The largest absolute Gasteiger partial charge is 0.467 e. The summed E-state index contributed by atoms with van der Waals surface area (Å²) in [6, 6.07) is 17.3. The van der Waals surface area contributed by atoms with Gasteiger partial charge in [-0.05, 0) is 58.7 Å². The van der Waals surface area contributed by atoms with E-state index in [4.69, 9.17) is 10.5 Å². The summed E-state index contributed by atoms with van der Waals surface area (Å²) >= 11 is 2.15. The Labute approximate surface area is 220 Å². The number of nitrogen functional groups attached to an aromatic ring is 1. The third-order valence-corrected chi connectivity index (χ3v) is 6.56. The molecule has 5 aromatic rings. The fraction of sp³-hybridized carbons (Fsp3) is 0.115. The maximum Gasteiger partial charge on any atom is 0.316 e. The van der Waals surface area contributed by atoms with Crippen LogP contribution < -0.4 is 21.3 Å². The number of hydrogen-bond acceptors (Lipinski definition) is 8. The lowest BCUT2D eigenvalue weighted by atomic mass is 9.99. The molecule has 0 aliphatic heterocycles. The van der Waals surface area contributed by atoms with Gasteiger partial charge in [0.15, 0.2) is 0 Å². The van der Waals surface area contributed by atoms with E-state index in [0.717, 1.165) is 31.5 Å². The quantitative estimate of drug-likeness (QED) is 0.275. The first kappa shape index (κ1) is 23.7. The molecule has 3 heterocycles. The van der Waals surface area contributed by atoms with Gasteiger partial charge in [0.25, 0.3) is 5.56 Å². The van der Waals surface area contributed by atoms with Crippen molar-refractivity contribution < 1.29 is 4.74 Å². The first-order valence-electron chi connectivity index (χ1n) is 11.1. The average Bonchev–Trinajstić information content (AvgIpc) is 2.90. The van der Waals surface area contributed by atoms with E-state index >= 15 is 0 Å². The number of rotatable bonds is 6. The molecule has 0 saturated heterocycles. The van der Waals surface area contributed by atoms with Crippen molar-refractivity contribution >= 4 is 45.1 Å². The van der Waals surface area contributed by atoms with Crippen molar-refractivity contribution in [3.63, 3.8) is 0 Å². The molecule has 0 aliphatic rings. The SMILES string of the molecule is COc1ncc(-c2cccc3cc(C(C)Nc4nc(N)ncc4I)n(-c4ccccc4)c(=O)c23)cn1. The van der Waals surface area contributed by atoms with Crippen molar-refractivity contribution in [1.82, 2.24) is 24.5 Å². The van der Waals surface area contributed by atoms with Crippen molar-refractivity contribution in [3.8, 4) is 22.8 Å². The molecule has 0 saturated carbocycles. The van der Waals surface area contributed by atoms with Crippen LogP contribution in [-0.4, -0.2) is 31.6 Å². The lowest BCUT2D eigenvalue weighted by Gasteiger charge is -2.22. The molecule has 0 bridgehead atoms. The van der Waals surface area contributed by atoms with Crippen LogP contribution in [0.3, 0.4) is 0 Å². The van der Waals surface area contributed by atoms with Gasteiger partial charge in [-0.3, -0.25) is 9.36 Å². The Bertz CT molecular complexity index is 1610. The molecular weight excluding hydrogens is 569 g/mol. The molecule has 5 rings (SSSR count). The molecule has 2 aromatic carbocycles. The Balaban J connectivity index is 1.73. The number of aromatic nitrogens is 5. The van der Waals surface area contributed by atoms with Crippen LogP contribution in [0.5, 0.6) is 6.01 Å². The molecule has 3 aromatic heterocycles. The van der Waals surface area contributed by atoms with Crippen molar-refractivity contribution in [1.29, 1.82) is 0 Å². The number of nitrogens with two attached hydrogens (primary N) is 1. The zero-order valence-electron chi connectivity index (χ0n) is 19.5. The minimum Gasteiger partial charge on any atom is -0.467 e. The highest BCUT2D eigenvalue weighted by Gasteiger charge is 2.20. The van der Waals surface area contributed by atoms with Crippen molar-refractivity contribution in [2.45, 2.75) is 13.0 Å². The Kier molecular flexibility index (Phi) is 6.51. The molecule has 0 fully saturated rings. The number of benzene rings is 2. The summed E-state index contributed by atoms with van der Waals surface area (Å²) in [7, 11) is 1.51. The average molecular weight is 591 g/mol. The Hall–Kier alpha value is -4.06. The van der Waals surface area contributed by atoms with Gasteiger partial charge in [-0.1, -0.05) is 36.4 Å². The minimum atomic E-state index is -0.280. The number of para-hydroxylation sites is 1. The predicted molar refractivity (Wildman–Crippen MR) is 148 cm³/mol. The van der Waals surface area contributed by atoms with Gasteiger partial charge in [0.2, 0.25) is 5.95 Å². The van der Waals surface area contributed by atoms with E-state index < -0.39 is 0 Å². The Morgan fingerprint density at radius 2 is 1.78 bits per heavy atom. The van der Waals surface area contributed by atoms with Crippen LogP contribution >= 0.6 is 22.6 Å². The molecule has 1 unspecified atom stereocenters. The van der Waals surface area contributed by atoms with Gasteiger partial charge in [-0.15, -0.1) is 0 Å². The lowest BCUT2D eigenvalue weighted by Crippen LogP contribution is -2.26. The normalized spacial score (nSPS) is 11.9. The lowest BCUT2D eigenvalue weighted by molar-refractivity contribution is 0.380. The molecule has 36 heavy (non-hydrogen) atoms. The van der Waals surface area contributed by atoms with Gasteiger partial charge in [0.1, 0.15) is 5.82 Å². The highest BCUT2D eigenvalue weighted by atomic mass is 127. The standard InChI is InChI=1S/C26H22IN7O2/c1-15(32-23-20(27)14-29-25(28)33-23)21-11-16-7-6-10-19(17-12-30-26(36-2)31-13-17)22(16)24(35)34(21)18-8-4-3-5-9-18/h3-15H,1-2H3,(H3,28,29,32,33). The van der Waals surface area contributed by atoms with Crippen LogP contribution in [0.4, 0.5) is 11.8 Å². The van der Waals surface area contributed by atoms with E-state index in [1.54, 1.807) is 23.2 Å². The molecule has 0 aliphatic carbocycles. The number of halogens is 1. The summed E-state index contributed by atoms with van der Waals surface area (Å²) in [6.07, 6.45) is 4.98. The first-order chi connectivity index (χ1) is 17.5. The molecule has 0 radical (unpaired) electrons. The molecule has 9 nitrogen and oxygen atoms in total. The first-order valence-corrected chi connectivity index (χ1v) is 12.2. The zero-order chi connectivity index (χ0) is 25.2. The summed E-state index contributed by atoms with van der Waals surface area (Å²) in [5, 5.41) is 4.78. The minimum absolute atomic E-state index is 0.148. The molecule has 3 N–H and O–H groups in total. The fourth-order valence-electron chi connectivity index (χ4n) is 4.11. The third kappa shape index (κ3) is 4.47. The topological polar surface area (TPSA) is 121 Å². The predicted octanol–water partition coefficient (Wildman–Crippen LogP) is 4.61. The molecule has 10 heteroatoms. The van der Waals surface area contributed by atoms with E-state index in [-0.39, 0.29) is 23.6 Å². The number of ether oxygens (including phenoxy) is 1.